The number of unbranched alkanes of at least 4 members (excludes halogenated alkanes) is 1. The maximum Gasteiger partial charge on any atom is 0.119 e. The lowest BCUT2D eigenvalue weighted by Gasteiger charge is -2.21. The van der Waals surface area contributed by atoms with Gasteiger partial charge in [-0.2, -0.15) is 0 Å². The summed E-state index contributed by atoms with van der Waals surface area (Å²) in [5.41, 5.74) is 1.17. The average Bonchev–Trinajstić information content (AvgIpc) is 2.51. The Morgan fingerprint density at radius 3 is 2.65 bits per heavy atom. The summed E-state index contributed by atoms with van der Waals surface area (Å²) in [4.78, 5) is 0. The van der Waals surface area contributed by atoms with Crippen molar-refractivity contribution in [2.24, 2.45) is 5.92 Å². The van der Waals surface area contributed by atoms with E-state index in [1.165, 1.54) is 31.2 Å². The summed E-state index contributed by atoms with van der Waals surface area (Å²) in [6, 6.07) is 8.13. The van der Waals surface area contributed by atoms with Gasteiger partial charge in [0, 0.05) is 5.33 Å². The molecule has 0 spiro atoms. The number of rotatable bonds is 10. The first-order chi connectivity index (χ1) is 9.74. The Kier molecular flexibility index (Phi) is 8.95. The highest BCUT2D eigenvalue weighted by atomic mass is 79.9. The van der Waals surface area contributed by atoms with E-state index in [0.29, 0.717) is 5.92 Å². The largest absolute Gasteiger partial charge is 0.497 e. The summed E-state index contributed by atoms with van der Waals surface area (Å²) < 4.78 is 11.4. The van der Waals surface area contributed by atoms with E-state index in [1.807, 2.05) is 12.1 Å². The van der Waals surface area contributed by atoms with Gasteiger partial charge in [0.2, 0.25) is 0 Å². The highest BCUT2D eigenvalue weighted by Gasteiger charge is 2.14. The Balaban J connectivity index is 2.57. The summed E-state index contributed by atoms with van der Waals surface area (Å²) in [5.74, 6) is 1.55. The maximum absolute atomic E-state index is 6.12. The zero-order valence-corrected chi connectivity index (χ0v) is 14.5. The zero-order valence-electron chi connectivity index (χ0n) is 12.9. The predicted octanol–water partition coefficient (Wildman–Crippen LogP) is 5.36. The summed E-state index contributed by atoms with van der Waals surface area (Å²) in [7, 11) is 1.70. The van der Waals surface area contributed by atoms with E-state index in [1.54, 1.807) is 7.11 Å². The molecule has 20 heavy (non-hydrogen) atoms. The fourth-order valence-electron chi connectivity index (χ4n) is 2.22. The molecule has 0 N–H and O–H groups in total. The summed E-state index contributed by atoms with van der Waals surface area (Å²) in [6.07, 6.45) is 5.10. The SMILES string of the molecule is CCCCC(CC)COC(CBr)c1cccc(OC)c1. The summed E-state index contributed by atoms with van der Waals surface area (Å²) >= 11 is 3.56. The third kappa shape index (κ3) is 5.84. The zero-order chi connectivity index (χ0) is 14.8. The van der Waals surface area contributed by atoms with Gasteiger partial charge >= 0.3 is 0 Å². The molecule has 0 aliphatic carbocycles. The molecule has 114 valence electrons. The van der Waals surface area contributed by atoms with Crippen molar-refractivity contribution in [3.63, 3.8) is 0 Å². The maximum atomic E-state index is 6.12. The molecule has 1 aromatic carbocycles. The molecule has 2 nitrogen and oxygen atoms in total. The van der Waals surface area contributed by atoms with Gasteiger partial charge in [0.25, 0.3) is 0 Å². The van der Waals surface area contributed by atoms with Gasteiger partial charge in [-0.1, -0.05) is 61.2 Å². The second-order valence-corrected chi connectivity index (χ2v) is 5.82. The first kappa shape index (κ1) is 17.5. The molecule has 0 aliphatic rings. The normalized spacial score (nSPS) is 14.0. The van der Waals surface area contributed by atoms with Crippen molar-refractivity contribution in [2.75, 3.05) is 19.0 Å². The molecule has 0 heterocycles. The third-order valence-electron chi connectivity index (χ3n) is 3.68. The molecule has 0 saturated carbocycles. The van der Waals surface area contributed by atoms with E-state index < -0.39 is 0 Å². The van der Waals surface area contributed by atoms with Gasteiger partial charge in [0.15, 0.2) is 0 Å². The lowest BCUT2D eigenvalue weighted by molar-refractivity contribution is 0.0392. The fourth-order valence-corrected chi connectivity index (χ4v) is 2.78. The number of methoxy groups -OCH3 is 1. The number of benzene rings is 1. The van der Waals surface area contributed by atoms with Crippen LogP contribution in [0.2, 0.25) is 0 Å². The Bertz CT molecular complexity index is 368. The fraction of sp³-hybridized carbons (Fsp3) is 0.647. The molecule has 0 radical (unpaired) electrons. The molecular weight excluding hydrogens is 316 g/mol. The van der Waals surface area contributed by atoms with Crippen LogP contribution in [-0.4, -0.2) is 19.0 Å². The second-order valence-electron chi connectivity index (χ2n) is 5.17. The average molecular weight is 343 g/mol. The predicted molar refractivity (Wildman–Crippen MR) is 88.8 cm³/mol. The van der Waals surface area contributed by atoms with Crippen LogP contribution < -0.4 is 4.74 Å². The van der Waals surface area contributed by atoms with Gasteiger partial charge in [-0.25, -0.2) is 0 Å². The number of hydrogen-bond acceptors (Lipinski definition) is 2. The van der Waals surface area contributed by atoms with E-state index in [2.05, 4.69) is 41.9 Å². The van der Waals surface area contributed by atoms with Gasteiger partial charge in [-0.05, 0) is 30.0 Å². The van der Waals surface area contributed by atoms with E-state index in [4.69, 9.17) is 9.47 Å². The van der Waals surface area contributed by atoms with Crippen LogP contribution in [-0.2, 0) is 4.74 Å². The van der Waals surface area contributed by atoms with Crippen molar-refractivity contribution in [2.45, 2.75) is 45.6 Å². The Morgan fingerprint density at radius 2 is 2.05 bits per heavy atom. The monoisotopic (exact) mass is 342 g/mol. The third-order valence-corrected chi connectivity index (χ3v) is 4.27. The minimum absolute atomic E-state index is 0.0979. The quantitative estimate of drug-likeness (QED) is 0.532. The first-order valence-electron chi connectivity index (χ1n) is 7.56. The minimum atomic E-state index is 0.0979. The van der Waals surface area contributed by atoms with Crippen LogP contribution >= 0.6 is 15.9 Å². The van der Waals surface area contributed by atoms with Crippen molar-refractivity contribution in [1.29, 1.82) is 0 Å². The Labute approximate surface area is 132 Å². The molecule has 2 atom stereocenters. The molecule has 1 aromatic rings. The van der Waals surface area contributed by atoms with Crippen LogP contribution in [0, 0.1) is 5.92 Å². The smallest absolute Gasteiger partial charge is 0.119 e. The molecule has 3 heteroatoms. The Hall–Kier alpha value is -0.540. The van der Waals surface area contributed by atoms with E-state index in [9.17, 15) is 0 Å². The van der Waals surface area contributed by atoms with Gasteiger partial charge in [0.1, 0.15) is 5.75 Å². The van der Waals surface area contributed by atoms with E-state index in [0.717, 1.165) is 17.7 Å². The highest BCUT2D eigenvalue weighted by Crippen LogP contribution is 2.25. The van der Waals surface area contributed by atoms with Crippen LogP contribution in [0.1, 0.15) is 51.2 Å². The number of halogens is 1. The van der Waals surface area contributed by atoms with Crippen molar-refractivity contribution in [1.82, 2.24) is 0 Å². The van der Waals surface area contributed by atoms with Crippen LogP contribution in [0.3, 0.4) is 0 Å². The van der Waals surface area contributed by atoms with Crippen molar-refractivity contribution in [3.05, 3.63) is 29.8 Å². The molecule has 0 bridgehead atoms. The lowest BCUT2D eigenvalue weighted by atomic mass is 10.0. The minimum Gasteiger partial charge on any atom is -0.497 e. The molecular formula is C17H27BrO2. The molecule has 0 saturated heterocycles. The molecule has 0 fully saturated rings. The molecule has 0 amide bonds. The number of alkyl halides is 1. The molecule has 1 rings (SSSR count). The second kappa shape index (κ2) is 10.2. The number of hydrogen-bond donors (Lipinski definition) is 0. The first-order valence-corrected chi connectivity index (χ1v) is 8.68. The lowest BCUT2D eigenvalue weighted by Crippen LogP contribution is -2.14. The molecule has 2 unspecified atom stereocenters. The van der Waals surface area contributed by atoms with Crippen LogP contribution in [0.5, 0.6) is 5.75 Å². The van der Waals surface area contributed by atoms with Gasteiger partial charge in [-0.15, -0.1) is 0 Å². The summed E-state index contributed by atoms with van der Waals surface area (Å²) in [6.45, 7) is 5.33. The standard InChI is InChI=1S/C17H27BrO2/c1-4-6-8-14(5-2)13-20-17(12-18)15-9-7-10-16(11-15)19-3/h7,9-11,14,17H,4-6,8,12-13H2,1-3H3. The van der Waals surface area contributed by atoms with Gasteiger partial charge < -0.3 is 9.47 Å². The van der Waals surface area contributed by atoms with Gasteiger partial charge in [-0.3, -0.25) is 0 Å². The van der Waals surface area contributed by atoms with Crippen molar-refractivity contribution < 1.29 is 9.47 Å². The molecule has 0 aromatic heterocycles. The topological polar surface area (TPSA) is 18.5 Å². The van der Waals surface area contributed by atoms with E-state index >= 15 is 0 Å². The van der Waals surface area contributed by atoms with Gasteiger partial charge in [0.05, 0.1) is 19.8 Å². The number of ether oxygens (including phenoxy) is 2. The van der Waals surface area contributed by atoms with Crippen LogP contribution in [0.4, 0.5) is 0 Å². The van der Waals surface area contributed by atoms with E-state index in [-0.39, 0.29) is 6.10 Å². The Morgan fingerprint density at radius 1 is 1.25 bits per heavy atom. The van der Waals surface area contributed by atoms with Crippen LogP contribution in [0.15, 0.2) is 24.3 Å². The highest BCUT2D eigenvalue weighted by molar-refractivity contribution is 9.09. The van der Waals surface area contributed by atoms with Crippen molar-refractivity contribution >= 4 is 15.9 Å². The molecule has 0 aliphatic heterocycles. The van der Waals surface area contributed by atoms with Crippen molar-refractivity contribution in [3.8, 4) is 5.75 Å². The van der Waals surface area contributed by atoms with Crippen LogP contribution in [0.25, 0.3) is 0 Å². The summed E-state index contributed by atoms with van der Waals surface area (Å²) in [5, 5.41) is 0.810.